The van der Waals surface area contributed by atoms with E-state index >= 15 is 0 Å². The summed E-state index contributed by atoms with van der Waals surface area (Å²) in [5.41, 5.74) is 6.11. The van der Waals surface area contributed by atoms with Gasteiger partial charge in [0.15, 0.2) is 0 Å². The monoisotopic (exact) mass is 254 g/mol. The summed E-state index contributed by atoms with van der Waals surface area (Å²) >= 11 is 0. The lowest BCUT2D eigenvalue weighted by Gasteiger charge is -2.27. The minimum atomic E-state index is 0.433. The maximum Gasteiger partial charge on any atom is 0.00964 e. The fourth-order valence-electron chi connectivity index (χ4n) is 2.62. The third-order valence-electron chi connectivity index (χ3n) is 4.18. The molecule has 0 aliphatic heterocycles. The predicted molar refractivity (Wildman–Crippen MR) is 80.7 cm³/mol. The Morgan fingerprint density at radius 2 is 1.83 bits per heavy atom. The lowest BCUT2D eigenvalue weighted by Crippen LogP contribution is -2.30. The Labute approximate surface area is 114 Å². The Morgan fingerprint density at radius 3 is 2.33 bits per heavy atom. The summed E-state index contributed by atoms with van der Waals surface area (Å²) in [6.45, 7) is 12.8. The maximum absolute atomic E-state index is 5.67. The summed E-state index contributed by atoms with van der Waals surface area (Å²) in [5, 5.41) is 0. The maximum atomic E-state index is 5.67. The van der Waals surface area contributed by atoms with Gasteiger partial charge in [0, 0.05) is 6.04 Å². The van der Waals surface area contributed by atoms with Crippen LogP contribution in [-0.2, 0) is 0 Å². The molecule has 0 unspecified atom stereocenters. The van der Waals surface area contributed by atoms with Crippen LogP contribution in [0.2, 0.25) is 0 Å². The van der Waals surface area contributed by atoms with Crippen LogP contribution < -0.4 is 5.73 Å². The highest BCUT2D eigenvalue weighted by Crippen LogP contribution is 2.30. The van der Waals surface area contributed by atoms with E-state index in [4.69, 9.17) is 5.73 Å². The number of nitrogens with zero attached hydrogens (tertiary/aromatic N) is 1. The van der Waals surface area contributed by atoms with Gasteiger partial charge in [-0.2, -0.15) is 0 Å². The molecule has 0 aromatic carbocycles. The van der Waals surface area contributed by atoms with Crippen LogP contribution in [0.3, 0.4) is 0 Å². The number of hydrogen-bond acceptors (Lipinski definition) is 2. The van der Waals surface area contributed by atoms with Gasteiger partial charge in [0.25, 0.3) is 0 Å². The molecule has 0 aromatic heterocycles. The molecule has 2 N–H and O–H groups in total. The highest BCUT2D eigenvalue weighted by Gasteiger charge is 2.28. The van der Waals surface area contributed by atoms with E-state index in [0.717, 1.165) is 24.9 Å². The van der Waals surface area contributed by atoms with E-state index in [2.05, 4.69) is 32.6 Å². The highest BCUT2D eigenvalue weighted by molar-refractivity contribution is 4.85. The van der Waals surface area contributed by atoms with Crippen LogP contribution in [0.25, 0.3) is 0 Å². The molecular formula is C16H34N2. The zero-order valence-corrected chi connectivity index (χ0v) is 13.0. The third kappa shape index (κ3) is 6.75. The van der Waals surface area contributed by atoms with Gasteiger partial charge in [0.1, 0.15) is 0 Å². The van der Waals surface area contributed by atoms with E-state index in [1.165, 1.54) is 45.2 Å². The van der Waals surface area contributed by atoms with Crippen molar-refractivity contribution in [2.75, 3.05) is 19.6 Å². The molecule has 18 heavy (non-hydrogen) atoms. The number of nitrogens with two attached hydrogens (primary N) is 1. The first-order valence-corrected chi connectivity index (χ1v) is 7.89. The second kappa shape index (κ2) is 7.49. The van der Waals surface area contributed by atoms with E-state index in [0.29, 0.717) is 5.41 Å². The molecule has 0 aromatic rings. The molecule has 0 heterocycles. The zero-order chi connectivity index (χ0) is 13.6. The first kappa shape index (κ1) is 16.0. The van der Waals surface area contributed by atoms with Crippen LogP contribution in [-0.4, -0.2) is 30.6 Å². The van der Waals surface area contributed by atoms with Gasteiger partial charge < -0.3 is 10.6 Å². The summed E-state index contributed by atoms with van der Waals surface area (Å²) in [6, 6.07) is 0.918. The van der Waals surface area contributed by atoms with Crippen molar-refractivity contribution in [2.45, 2.75) is 72.3 Å². The molecule has 0 spiro atoms. The summed E-state index contributed by atoms with van der Waals surface area (Å²) in [6.07, 6.45) is 8.02. The van der Waals surface area contributed by atoms with Gasteiger partial charge in [0.2, 0.25) is 0 Å². The highest BCUT2D eigenvalue weighted by atomic mass is 15.2. The first-order chi connectivity index (χ1) is 8.44. The molecule has 108 valence electrons. The van der Waals surface area contributed by atoms with Crippen LogP contribution in [0.1, 0.15) is 66.2 Å². The van der Waals surface area contributed by atoms with Crippen molar-refractivity contribution >= 4 is 0 Å². The smallest absolute Gasteiger partial charge is 0.00964 e. The SMILES string of the molecule is CC(C)CCN(CCCC(C)(C)CCN)C1CC1. The van der Waals surface area contributed by atoms with Crippen molar-refractivity contribution < 1.29 is 0 Å². The van der Waals surface area contributed by atoms with Crippen molar-refractivity contribution in [3.05, 3.63) is 0 Å². The molecule has 2 heteroatoms. The minimum Gasteiger partial charge on any atom is -0.330 e. The van der Waals surface area contributed by atoms with Crippen molar-refractivity contribution in [1.29, 1.82) is 0 Å². The first-order valence-electron chi connectivity index (χ1n) is 7.89. The summed E-state index contributed by atoms with van der Waals surface area (Å²) < 4.78 is 0. The van der Waals surface area contributed by atoms with E-state index in [9.17, 15) is 0 Å². The lowest BCUT2D eigenvalue weighted by atomic mass is 9.84. The van der Waals surface area contributed by atoms with Gasteiger partial charge in [-0.25, -0.2) is 0 Å². The molecule has 0 radical (unpaired) electrons. The quantitative estimate of drug-likeness (QED) is 0.645. The lowest BCUT2D eigenvalue weighted by molar-refractivity contribution is 0.218. The van der Waals surface area contributed by atoms with Gasteiger partial charge in [-0.05, 0) is 69.5 Å². The van der Waals surface area contributed by atoms with Crippen molar-refractivity contribution in [1.82, 2.24) is 4.90 Å². The number of rotatable bonds is 10. The Kier molecular flexibility index (Phi) is 6.65. The van der Waals surface area contributed by atoms with E-state index < -0.39 is 0 Å². The van der Waals surface area contributed by atoms with Gasteiger partial charge in [-0.1, -0.05) is 27.7 Å². The molecule has 0 atom stereocenters. The average molecular weight is 254 g/mol. The molecule has 1 saturated carbocycles. The summed E-state index contributed by atoms with van der Waals surface area (Å²) in [4.78, 5) is 2.73. The average Bonchev–Trinajstić information content (AvgIpc) is 3.06. The van der Waals surface area contributed by atoms with Crippen LogP contribution >= 0.6 is 0 Å². The van der Waals surface area contributed by atoms with Crippen molar-refractivity contribution in [3.8, 4) is 0 Å². The summed E-state index contributed by atoms with van der Waals surface area (Å²) in [5.74, 6) is 0.833. The Morgan fingerprint density at radius 1 is 1.17 bits per heavy atom. The van der Waals surface area contributed by atoms with Gasteiger partial charge in [0.05, 0.1) is 0 Å². The Balaban J connectivity index is 2.21. The van der Waals surface area contributed by atoms with Crippen LogP contribution in [0, 0.1) is 11.3 Å². The van der Waals surface area contributed by atoms with Crippen LogP contribution in [0.15, 0.2) is 0 Å². The molecule has 0 amide bonds. The Hall–Kier alpha value is -0.0800. The van der Waals surface area contributed by atoms with Gasteiger partial charge in [-0.3, -0.25) is 0 Å². The molecule has 1 aliphatic carbocycles. The fourth-order valence-corrected chi connectivity index (χ4v) is 2.62. The molecule has 1 rings (SSSR count). The molecule has 1 aliphatic rings. The molecule has 1 fully saturated rings. The molecular weight excluding hydrogens is 220 g/mol. The molecule has 0 bridgehead atoms. The van der Waals surface area contributed by atoms with Gasteiger partial charge >= 0.3 is 0 Å². The normalized spacial score (nSPS) is 16.8. The standard InChI is InChI=1S/C16H34N2/c1-14(2)8-13-18(15-6-7-15)12-5-9-16(3,4)10-11-17/h14-15H,5-13,17H2,1-4H3. The van der Waals surface area contributed by atoms with Crippen LogP contribution in [0.4, 0.5) is 0 Å². The van der Waals surface area contributed by atoms with Crippen molar-refractivity contribution in [2.24, 2.45) is 17.1 Å². The largest absolute Gasteiger partial charge is 0.330 e. The fraction of sp³-hybridized carbons (Fsp3) is 1.00. The van der Waals surface area contributed by atoms with E-state index in [-0.39, 0.29) is 0 Å². The molecule has 2 nitrogen and oxygen atoms in total. The van der Waals surface area contributed by atoms with E-state index in [1.807, 2.05) is 0 Å². The third-order valence-corrected chi connectivity index (χ3v) is 4.18. The van der Waals surface area contributed by atoms with Gasteiger partial charge in [-0.15, -0.1) is 0 Å². The summed E-state index contributed by atoms with van der Waals surface area (Å²) in [7, 11) is 0. The molecule has 0 saturated heterocycles. The second-order valence-electron chi connectivity index (χ2n) is 7.26. The zero-order valence-electron chi connectivity index (χ0n) is 13.0. The Bertz CT molecular complexity index is 219. The van der Waals surface area contributed by atoms with Crippen LogP contribution in [0.5, 0.6) is 0 Å². The van der Waals surface area contributed by atoms with Crippen molar-refractivity contribution in [3.63, 3.8) is 0 Å². The predicted octanol–water partition coefficient (Wildman–Crippen LogP) is 3.65. The second-order valence-corrected chi connectivity index (χ2v) is 7.26. The number of hydrogen-bond donors (Lipinski definition) is 1. The van der Waals surface area contributed by atoms with E-state index in [1.54, 1.807) is 0 Å². The minimum absolute atomic E-state index is 0.433. The topological polar surface area (TPSA) is 29.3 Å².